The smallest absolute Gasteiger partial charge is 0.324 e. The number of ether oxygens (including phenoxy) is 1. The molecule has 0 aliphatic carbocycles. The van der Waals surface area contributed by atoms with E-state index in [-0.39, 0.29) is 18.8 Å². The highest BCUT2D eigenvalue weighted by molar-refractivity contribution is 7.89. The molecule has 22 heavy (non-hydrogen) atoms. The summed E-state index contributed by atoms with van der Waals surface area (Å²) in [6.07, 6.45) is 1.54. The van der Waals surface area contributed by atoms with E-state index in [0.717, 1.165) is 12.0 Å². The van der Waals surface area contributed by atoms with Gasteiger partial charge in [-0.3, -0.25) is 4.79 Å². The zero-order valence-corrected chi connectivity index (χ0v) is 13.9. The summed E-state index contributed by atoms with van der Waals surface area (Å²) >= 11 is 0. The molecule has 1 aromatic rings. The van der Waals surface area contributed by atoms with E-state index in [2.05, 4.69) is 4.72 Å². The maximum Gasteiger partial charge on any atom is 0.324 e. The number of esters is 1. The zero-order chi connectivity index (χ0) is 16.6. The van der Waals surface area contributed by atoms with Crippen molar-refractivity contribution in [1.29, 1.82) is 0 Å². The molecule has 124 valence electrons. The molecule has 6 nitrogen and oxygen atoms in total. The number of hydrogen-bond donors (Lipinski definition) is 2. The van der Waals surface area contributed by atoms with Gasteiger partial charge in [0, 0.05) is 5.69 Å². The van der Waals surface area contributed by atoms with Gasteiger partial charge in [-0.2, -0.15) is 0 Å². The number of carbonyl (C=O) groups excluding carboxylic acids is 1. The first-order valence-electron chi connectivity index (χ1n) is 7.39. The number of nitrogens with two attached hydrogens (primary N) is 1. The highest BCUT2D eigenvalue weighted by Crippen LogP contribution is 2.10. The standard InChI is InChI=1S/C15H24N2O4S/c1-3-5-10-22(19,20)17-14(15(18)21-4-2)11-12-6-8-13(16)9-7-12/h6-9,14,17H,3-5,10-11,16H2,1-2H3. The molecule has 0 fully saturated rings. The molecule has 0 radical (unpaired) electrons. The first-order valence-corrected chi connectivity index (χ1v) is 9.04. The molecule has 0 aromatic heterocycles. The Morgan fingerprint density at radius 1 is 1.27 bits per heavy atom. The summed E-state index contributed by atoms with van der Waals surface area (Å²) in [7, 11) is -3.51. The van der Waals surface area contributed by atoms with Crippen LogP contribution < -0.4 is 10.5 Å². The summed E-state index contributed by atoms with van der Waals surface area (Å²) in [6, 6.07) is 6.03. The van der Waals surface area contributed by atoms with Crippen LogP contribution in [0, 0.1) is 0 Å². The predicted octanol–water partition coefficient (Wildman–Crippen LogP) is 1.46. The SMILES string of the molecule is CCCCS(=O)(=O)NC(Cc1ccc(N)cc1)C(=O)OCC. The number of unbranched alkanes of at least 4 members (excludes halogenated alkanes) is 1. The van der Waals surface area contributed by atoms with Gasteiger partial charge in [0.2, 0.25) is 10.0 Å². The van der Waals surface area contributed by atoms with E-state index in [1.807, 2.05) is 6.92 Å². The molecule has 1 aromatic carbocycles. The third kappa shape index (κ3) is 6.44. The van der Waals surface area contributed by atoms with Gasteiger partial charge in [-0.15, -0.1) is 0 Å². The van der Waals surface area contributed by atoms with E-state index in [1.54, 1.807) is 31.2 Å². The molecular formula is C15H24N2O4S. The Morgan fingerprint density at radius 2 is 1.91 bits per heavy atom. The predicted molar refractivity (Wildman–Crippen MR) is 86.8 cm³/mol. The van der Waals surface area contributed by atoms with Crippen molar-refractivity contribution in [3.05, 3.63) is 29.8 Å². The normalized spacial score (nSPS) is 12.8. The molecule has 1 atom stereocenters. The van der Waals surface area contributed by atoms with Crippen molar-refractivity contribution in [3.8, 4) is 0 Å². The first kappa shape index (κ1) is 18.4. The van der Waals surface area contributed by atoms with Gasteiger partial charge in [0.25, 0.3) is 0 Å². The third-order valence-corrected chi connectivity index (χ3v) is 4.55. The van der Waals surface area contributed by atoms with Gasteiger partial charge in [0.05, 0.1) is 12.4 Å². The Morgan fingerprint density at radius 3 is 2.45 bits per heavy atom. The van der Waals surface area contributed by atoms with Gasteiger partial charge in [0.1, 0.15) is 6.04 Å². The number of hydrogen-bond acceptors (Lipinski definition) is 5. The van der Waals surface area contributed by atoms with Crippen LogP contribution in [0.15, 0.2) is 24.3 Å². The molecule has 0 heterocycles. The molecule has 0 saturated heterocycles. The lowest BCUT2D eigenvalue weighted by Gasteiger charge is -2.17. The van der Waals surface area contributed by atoms with Gasteiger partial charge in [-0.1, -0.05) is 25.5 Å². The maximum atomic E-state index is 12.0. The minimum Gasteiger partial charge on any atom is -0.465 e. The van der Waals surface area contributed by atoms with Gasteiger partial charge in [-0.25, -0.2) is 13.1 Å². The van der Waals surface area contributed by atoms with Crippen molar-refractivity contribution in [1.82, 2.24) is 4.72 Å². The Hall–Kier alpha value is -1.60. The maximum absolute atomic E-state index is 12.0. The molecule has 0 spiro atoms. The molecule has 0 aliphatic rings. The molecule has 0 bridgehead atoms. The van der Waals surface area contributed by atoms with Crippen LogP contribution in [0.5, 0.6) is 0 Å². The average molecular weight is 328 g/mol. The number of carbonyl (C=O) groups is 1. The summed E-state index contributed by atoms with van der Waals surface area (Å²) in [5.41, 5.74) is 7.04. The highest BCUT2D eigenvalue weighted by atomic mass is 32.2. The summed E-state index contributed by atoms with van der Waals surface area (Å²) in [5.74, 6) is -0.569. The molecule has 0 saturated carbocycles. The fourth-order valence-corrected chi connectivity index (χ4v) is 3.32. The van der Waals surface area contributed by atoms with Crippen molar-refractivity contribution in [2.75, 3.05) is 18.1 Å². The average Bonchev–Trinajstić information content (AvgIpc) is 2.47. The summed E-state index contributed by atoms with van der Waals surface area (Å²) < 4.78 is 31.4. The van der Waals surface area contributed by atoms with Crippen molar-refractivity contribution in [2.24, 2.45) is 0 Å². The Balaban J connectivity index is 2.84. The van der Waals surface area contributed by atoms with Crippen molar-refractivity contribution in [2.45, 2.75) is 39.2 Å². The van der Waals surface area contributed by atoms with E-state index in [1.165, 1.54) is 0 Å². The minimum absolute atomic E-state index is 0.00113. The number of rotatable bonds is 9. The Bertz CT molecular complexity index is 570. The van der Waals surface area contributed by atoms with E-state index in [9.17, 15) is 13.2 Å². The van der Waals surface area contributed by atoms with E-state index in [0.29, 0.717) is 12.1 Å². The topological polar surface area (TPSA) is 98.5 Å². The van der Waals surface area contributed by atoms with Gasteiger partial charge in [0.15, 0.2) is 0 Å². The van der Waals surface area contributed by atoms with Crippen LogP contribution in [0.3, 0.4) is 0 Å². The van der Waals surface area contributed by atoms with Crippen LogP contribution >= 0.6 is 0 Å². The zero-order valence-electron chi connectivity index (χ0n) is 13.0. The lowest BCUT2D eigenvalue weighted by Crippen LogP contribution is -2.44. The lowest BCUT2D eigenvalue weighted by molar-refractivity contribution is -0.145. The van der Waals surface area contributed by atoms with Gasteiger partial charge < -0.3 is 10.5 Å². The molecule has 1 rings (SSSR count). The van der Waals surface area contributed by atoms with Crippen LogP contribution in [0.4, 0.5) is 5.69 Å². The van der Waals surface area contributed by atoms with E-state index in [4.69, 9.17) is 10.5 Å². The van der Waals surface area contributed by atoms with E-state index >= 15 is 0 Å². The number of nitrogens with one attached hydrogen (secondary N) is 1. The van der Waals surface area contributed by atoms with E-state index < -0.39 is 22.0 Å². The summed E-state index contributed by atoms with van der Waals surface area (Å²) in [6.45, 7) is 3.80. The highest BCUT2D eigenvalue weighted by Gasteiger charge is 2.25. The fourth-order valence-electron chi connectivity index (χ4n) is 1.92. The monoisotopic (exact) mass is 328 g/mol. The third-order valence-electron chi connectivity index (χ3n) is 3.08. The molecule has 1 unspecified atom stereocenters. The summed E-state index contributed by atoms with van der Waals surface area (Å²) in [4.78, 5) is 12.0. The van der Waals surface area contributed by atoms with Crippen molar-refractivity contribution < 1.29 is 17.9 Å². The van der Waals surface area contributed by atoms with Crippen LogP contribution in [0.25, 0.3) is 0 Å². The Kier molecular flexibility index (Phi) is 7.34. The first-order chi connectivity index (χ1) is 10.4. The second-order valence-corrected chi connectivity index (χ2v) is 6.91. The van der Waals surface area contributed by atoms with Crippen LogP contribution in [0.2, 0.25) is 0 Å². The van der Waals surface area contributed by atoms with Crippen LogP contribution in [-0.2, 0) is 26.0 Å². The number of benzene rings is 1. The number of anilines is 1. The molecule has 0 aliphatic heterocycles. The largest absolute Gasteiger partial charge is 0.465 e. The van der Waals surface area contributed by atoms with Crippen molar-refractivity contribution in [3.63, 3.8) is 0 Å². The van der Waals surface area contributed by atoms with Crippen LogP contribution in [-0.4, -0.2) is 32.8 Å². The quantitative estimate of drug-likeness (QED) is 0.528. The van der Waals surface area contributed by atoms with Crippen LogP contribution in [0.1, 0.15) is 32.3 Å². The van der Waals surface area contributed by atoms with Gasteiger partial charge in [-0.05, 0) is 37.5 Å². The fraction of sp³-hybridized carbons (Fsp3) is 0.533. The van der Waals surface area contributed by atoms with Gasteiger partial charge >= 0.3 is 5.97 Å². The van der Waals surface area contributed by atoms with Crippen molar-refractivity contribution >= 4 is 21.7 Å². The Labute approximate surface area is 132 Å². The second-order valence-electron chi connectivity index (χ2n) is 5.04. The number of nitrogen functional groups attached to an aromatic ring is 1. The molecule has 0 amide bonds. The molecule has 7 heteroatoms. The number of sulfonamides is 1. The molecular weight excluding hydrogens is 304 g/mol. The minimum atomic E-state index is -3.51. The second kappa shape index (κ2) is 8.75. The molecule has 3 N–H and O–H groups in total. The lowest BCUT2D eigenvalue weighted by atomic mass is 10.1. The summed E-state index contributed by atoms with van der Waals surface area (Å²) in [5, 5.41) is 0.